The first-order chi connectivity index (χ1) is 9.40. The summed E-state index contributed by atoms with van der Waals surface area (Å²) in [7, 11) is -3.49. The van der Waals surface area contributed by atoms with Gasteiger partial charge in [0.2, 0.25) is 10.0 Å². The molecule has 0 bridgehead atoms. The first-order valence-corrected chi connectivity index (χ1v) is 8.03. The third-order valence-electron chi connectivity index (χ3n) is 3.29. The Kier molecular flexibility index (Phi) is 4.26. The highest BCUT2D eigenvalue weighted by atomic mass is 32.2. The normalized spacial score (nSPS) is 13.2. The fourth-order valence-corrected chi connectivity index (χ4v) is 3.43. The molecule has 106 valence electrons. The molecule has 2 aromatic rings. The van der Waals surface area contributed by atoms with Crippen molar-refractivity contribution in [1.82, 2.24) is 4.72 Å². The monoisotopic (exact) mass is 289 g/mol. The predicted molar refractivity (Wildman–Crippen MR) is 81.1 cm³/mol. The Bertz CT molecular complexity index is 694. The first kappa shape index (κ1) is 14.8. The molecule has 0 radical (unpaired) electrons. The van der Waals surface area contributed by atoms with Crippen molar-refractivity contribution in [1.29, 1.82) is 0 Å². The molecule has 0 saturated heterocycles. The van der Waals surface area contributed by atoms with Gasteiger partial charge in [0, 0.05) is 6.04 Å². The quantitative estimate of drug-likeness (QED) is 0.938. The molecule has 1 N–H and O–H groups in total. The fraction of sp³-hybridized carbons (Fsp3) is 0.250. The van der Waals surface area contributed by atoms with E-state index in [0.717, 1.165) is 16.7 Å². The molecule has 2 aromatic carbocycles. The molecular weight excluding hydrogens is 270 g/mol. The molecule has 0 aliphatic rings. The number of rotatable bonds is 4. The van der Waals surface area contributed by atoms with Crippen LogP contribution in [0, 0.1) is 13.8 Å². The summed E-state index contributed by atoms with van der Waals surface area (Å²) in [6, 6.07) is 14.2. The summed E-state index contributed by atoms with van der Waals surface area (Å²) < 4.78 is 27.3. The van der Waals surface area contributed by atoms with Crippen molar-refractivity contribution < 1.29 is 8.42 Å². The van der Waals surface area contributed by atoms with E-state index < -0.39 is 10.0 Å². The van der Waals surface area contributed by atoms with E-state index in [0.29, 0.717) is 0 Å². The maximum Gasteiger partial charge on any atom is 0.241 e. The van der Waals surface area contributed by atoms with E-state index in [2.05, 4.69) is 4.72 Å². The minimum absolute atomic E-state index is 0.264. The zero-order chi connectivity index (χ0) is 14.8. The van der Waals surface area contributed by atoms with Crippen molar-refractivity contribution in [3.05, 3.63) is 65.2 Å². The van der Waals surface area contributed by atoms with Gasteiger partial charge in [-0.1, -0.05) is 42.0 Å². The second kappa shape index (κ2) is 5.77. The lowest BCUT2D eigenvalue weighted by Crippen LogP contribution is -2.27. The average molecular weight is 289 g/mol. The molecule has 0 unspecified atom stereocenters. The molecule has 0 saturated carbocycles. The van der Waals surface area contributed by atoms with Crippen LogP contribution in [-0.4, -0.2) is 8.42 Å². The lowest BCUT2D eigenvalue weighted by molar-refractivity contribution is 0.566. The molecule has 0 spiro atoms. The summed E-state index contributed by atoms with van der Waals surface area (Å²) in [6.07, 6.45) is 0. The summed E-state index contributed by atoms with van der Waals surface area (Å²) in [5.74, 6) is 0. The zero-order valence-corrected chi connectivity index (χ0v) is 12.7. The van der Waals surface area contributed by atoms with Crippen LogP contribution >= 0.6 is 0 Å². The highest BCUT2D eigenvalue weighted by Gasteiger charge is 2.18. The van der Waals surface area contributed by atoms with E-state index in [1.54, 1.807) is 30.3 Å². The Labute approximate surface area is 120 Å². The Hall–Kier alpha value is -1.65. The van der Waals surface area contributed by atoms with Crippen LogP contribution < -0.4 is 4.72 Å². The van der Waals surface area contributed by atoms with E-state index in [9.17, 15) is 8.42 Å². The highest BCUT2D eigenvalue weighted by Crippen LogP contribution is 2.21. The molecule has 0 aliphatic carbocycles. The van der Waals surface area contributed by atoms with E-state index in [1.807, 2.05) is 39.0 Å². The van der Waals surface area contributed by atoms with Gasteiger partial charge in [-0.05, 0) is 44.0 Å². The van der Waals surface area contributed by atoms with Gasteiger partial charge in [-0.25, -0.2) is 13.1 Å². The SMILES string of the molecule is Cc1ccc(C)c([C@H](C)NS(=O)(=O)c2ccccc2)c1. The lowest BCUT2D eigenvalue weighted by atomic mass is 10.0. The van der Waals surface area contributed by atoms with E-state index >= 15 is 0 Å². The molecule has 0 fully saturated rings. The molecule has 1 atom stereocenters. The van der Waals surface area contributed by atoms with Crippen LogP contribution in [0.2, 0.25) is 0 Å². The third kappa shape index (κ3) is 3.26. The fourth-order valence-electron chi connectivity index (χ4n) is 2.19. The average Bonchev–Trinajstić information content (AvgIpc) is 2.42. The molecule has 3 nitrogen and oxygen atoms in total. The van der Waals surface area contributed by atoms with Crippen molar-refractivity contribution in [3.8, 4) is 0 Å². The molecule has 0 aliphatic heterocycles. The molecular formula is C16H19NO2S. The number of benzene rings is 2. The number of sulfonamides is 1. The number of aryl methyl sites for hydroxylation is 2. The Morgan fingerprint density at radius 2 is 1.65 bits per heavy atom. The lowest BCUT2D eigenvalue weighted by Gasteiger charge is -2.17. The molecule has 4 heteroatoms. The Balaban J connectivity index is 2.28. The van der Waals surface area contributed by atoms with Crippen molar-refractivity contribution in [2.45, 2.75) is 31.7 Å². The number of hydrogen-bond acceptors (Lipinski definition) is 2. The van der Waals surface area contributed by atoms with Gasteiger partial charge in [0.15, 0.2) is 0 Å². The van der Waals surface area contributed by atoms with Gasteiger partial charge in [0.1, 0.15) is 0 Å². The summed E-state index contributed by atoms with van der Waals surface area (Å²) in [5, 5.41) is 0. The van der Waals surface area contributed by atoms with E-state index in [1.165, 1.54) is 0 Å². The molecule has 20 heavy (non-hydrogen) atoms. The maximum absolute atomic E-state index is 12.3. The Morgan fingerprint density at radius 1 is 1.00 bits per heavy atom. The van der Waals surface area contributed by atoms with Crippen LogP contribution in [0.1, 0.15) is 29.7 Å². The van der Waals surface area contributed by atoms with Crippen LogP contribution in [0.3, 0.4) is 0 Å². The van der Waals surface area contributed by atoms with Gasteiger partial charge in [0.05, 0.1) is 4.90 Å². The van der Waals surface area contributed by atoms with Gasteiger partial charge in [0.25, 0.3) is 0 Å². The van der Waals surface area contributed by atoms with Crippen molar-refractivity contribution in [3.63, 3.8) is 0 Å². The highest BCUT2D eigenvalue weighted by molar-refractivity contribution is 7.89. The predicted octanol–water partition coefficient (Wildman–Crippen LogP) is 3.34. The third-order valence-corrected chi connectivity index (χ3v) is 4.84. The minimum atomic E-state index is -3.49. The second-order valence-corrected chi connectivity index (χ2v) is 6.73. The van der Waals surface area contributed by atoms with Gasteiger partial charge < -0.3 is 0 Å². The molecule has 0 heterocycles. The van der Waals surface area contributed by atoms with Gasteiger partial charge >= 0.3 is 0 Å². The summed E-state index contributed by atoms with van der Waals surface area (Å²) in [4.78, 5) is 0.289. The minimum Gasteiger partial charge on any atom is -0.207 e. The van der Waals surface area contributed by atoms with Crippen LogP contribution in [0.4, 0.5) is 0 Å². The second-order valence-electron chi connectivity index (χ2n) is 5.02. The van der Waals surface area contributed by atoms with Crippen molar-refractivity contribution in [2.75, 3.05) is 0 Å². The van der Waals surface area contributed by atoms with Crippen LogP contribution in [0.25, 0.3) is 0 Å². The molecule has 0 amide bonds. The summed E-state index contributed by atoms with van der Waals surface area (Å²) >= 11 is 0. The van der Waals surface area contributed by atoms with E-state index in [4.69, 9.17) is 0 Å². The Morgan fingerprint density at radius 3 is 2.30 bits per heavy atom. The summed E-state index contributed by atoms with van der Waals surface area (Å²) in [6.45, 7) is 5.85. The van der Waals surface area contributed by atoms with Gasteiger partial charge in [-0.2, -0.15) is 0 Å². The van der Waals surface area contributed by atoms with Crippen molar-refractivity contribution in [2.24, 2.45) is 0 Å². The number of nitrogens with one attached hydrogen (secondary N) is 1. The van der Waals surface area contributed by atoms with Crippen molar-refractivity contribution >= 4 is 10.0 Å². The smallest absolute Gasteiger partial charge is 0.207 e. The van der Waals surface area contributed by atoms with E-state index in [-0.39, 0.29) is 10.9 Å². The van der Waals surface area contributed by atoms with Crippen LogP contribution in [0.15, 0.2) is 53.4 Å². The largest absolute Gasteiger partial charge is 0.241 e. The van der Waals surface area contributed by atoms with Gasteiger partial charge in [-0.3, -0.25) is 0 Å². The maximum atomic E-state index is 12.3. The molecule has 2 rings (SSSR count). The summed E-state index contributed by atoms with van der Waals surface area (Å²) in [5.41, 5.74) is 3.21. The zero-order valence-electron chi connectivity index (χ0n) is 11.9. The topological polar surface area (TPSA) is 46.2 Å². The standard InChI is InChI=1S/C16H19NO2S/c1-12-9-10-13(2)16(11-12)14(3)17-20(18,19)15-7-5-4-6-8-15/h4-11,14,17H,1-3H3/t14-/m0/s1. The van der Waals surface area contributed by atoms with Gasteiger partial charge in [-0.15, -0.1) is 0 Å². The first-order valence-electron chi connectivity index (χ1n) is 6.54. The van der Waals surface area contributed by atoms with Crippen LogP contribution in [0.5, 0.6) is 0 Å². The number of hydrogen-bond donors (Lipinski definition) is 1. The molecule has 0 aromatic heterocycles. The van der Waals surface area contributed by atoms with Crippen LogP contribution in [-0.2, 0) is 10.0 Å².